The number of benzene rings is 2. The van der Waals surface area contributed by atoms with Gasteiger partial charge in [0, 0.05) is 11.9 Å². The molecular formula is C23H23N3O3. The lowest BCUT2D eigenvalue weighted by Gasteiger charge is -2.15. The van der Waals surface area contributed by atoms with Gasteiger partial charge in [-0.1, -0.05) is 44.2 Å². The van der Waals surface area contributed by atoms with Crippen LogP contribution < -0.4 is 10.6 Å². The van der Waals surface area contributed by atoms with Gasteiger partial charge in [0.1, 0.15) is 0 Å². The van der Waals surface area contributed by atoms with Crippen molar-refractivity contribution in [3.8, 4) is 0 Å². The van der Waals surface area contributed by atoms with E-state index in [4.69, 9.17) is 4.74 Å². The lowest BCUT2D eigenvalue weighted by Crippen LogP contribution is -2.15. The van der Waals surface area contributed by atoms with Crippen LogP contribution in [0.3, 0.4) is 0 Å². The smallest absolute Gasteiger partial charge is 0.339 e. The molecule has 0 atom stereocenters. The highest BCUT2D eigenvalue weighted by Crippen LogP contribution is 2.27. The summed E-state index contributed by atoms with van der Waals surface area (Å²) < 4.78 is 4.77. The molecule has 1 heterocycles. The third-order valence-corrected chi connectivity index (χ3v) is 4.44. The van der Waals surface area contributed by atoms with E-state index in [-0.39, 0.29) is 11.5 Å². The lowest BCUT2D eigenvalue weighted by atomic mass is 10.0. The first-order chi connectivity index (χ1) is 14.0. The molecule has 6 nitrogen and oxygen atoms in total. The van der Waals surface area contributed by atoms with Crippen molar-refractivity contribution in [2.24, 2.45) is 0 Å². The van der Waals surface area contributed by atoms with E-state index in [1.807, 2.05) is 18.2 Å². The number of carbonyl (C=O) groups excluding carboxylic acids is 2. The molecule has 6 heteroatoms. The molecule has 148 valence electrons. The van der Waals surface area contributed by atoms with Crippen molar-refractivity contribution >= 4 is 28.9 Å². The number of amides is 1. The van der Waals surface area contributed by atoms with Crippen LogP contribution >= 0.6 is 0 Å². The van der Waals surface area contributed by atoms with Gasteiger partial charge in [-0.15, -0.1) is 0 Å². The van der Waals surface area contributed by atoms with Gasteiger partial charge in [-0.3, -0.25) is 9.78 Å². The van der Waals surface area contributed by atoms with Gasteiger partial charge in [0.15, 0.2) is 0 Å². The first kappa shape index (κ1) is 20.1. The van der Waals surface area contributed by atoms with Crippen LogP contribution in [-0.4, -0.2) is 24.0 Å². The molecule has 29 heavy (non-hydrogen) atoms. The summed E-state index contributed by atoms with van der Waals surface area (Å²) in [6, 6.07) is 16.4. The molecule has 2 aromatic carbocycles. The maximum absolute atomic E-state index is 12.7. The van der Waals surface area contributed by atoms with Crippen molar-refractivity contribution in [3.05, 3.63) is 83.7 Å². The number of ether oxygens (including phenoxy) is 1. The zero-order valence-electron chi connectivity index (χ0n) is 16.6. The highest BCUT2D eigenvalue weighted by atomic mass is 16.5. The molecule has 1 aromatic heterocycles. The second-order valence-electron chi connectivity index (χ2n) is 6.82. The van der Waals surface area contributed by atoms with Crippen LogP contribution in [0.15, 0.2) is 67.0 Å². The summed E-state index contributed by atoms with van der Waals surface area (Å²) in [6.07, 6.45) is 3.14. The molecule has 0 saturated heterocycles. The molecule has 0 spiro atoms. The van der Waals surface area contributed by atoms with Crippen molar-refractivity contribution in [3.63, 3.8) is 0 Å². The van der Waals surface area contributed by atoms with E-state index in [0.29, 0.717) is 22.9 Å². The number of nitrogens with zero attached hydrogens (tertiary/aromatic N) is 1. The fraction of sp³-hybridized carbons (Fsp3) is 0.174. The average Bonchev–Trinajstić information content (AvgIpc) is 2.74. The van der Waals surface area contributed by atoms with E-state index >= 15 is 0 Å². The van der Waals surface area contributed by atoms with E-state index in [2.05, 4.69) is 35.5 Å². The summed E-state index contributed by atoms with van der Waals surface area (Å²) >= 11 is 0. The highest BCUT2D eigenvalue weighted by molar-refractivity contribution is 6.08. The Morgan fingerprint density at radius 3 is 2.38 bits per heavy atom. The van der Waals surface area contributed by atoms with Crippen LogP contribution in [0.25, 0.3) is 0 Å². The van der Waals surface area contributed by atoms with Gasteiger partial charge in [-0.25, -0.2) is 4.79 Å². The predicted octanol–water partition coefficient (Wildman–Crippen LogP) is 4.99. The van der Waals surface area contributed by atoms with Crippen molar-refractivity contribution < 1.29 is 14.3 Å². The number of hydrogen-bond acceptors (Lipinski definition) is 5. The zero-order valence-corrected chi connectivity index (χ0v) is 16.6. The number of rotatable bonds is 6. The first-order valence-electron chi connectivity index (χ1n) is 9.29. The number of nitrogens with one attached hydrogen (secondary N) is 2. The highest BCUT2D eigenvalue weighted by Gasteiger charge is 2.15. The number of hydrogen-bond donors (Lipinski definition) is 2. The van der Waals surface area contributed by atoms with Gasteiger partial charge >= 0.3 is 5.97 Å². The third-order valence-electron chi connectivity index (χ3n) is 4.44. The SMILES string of the molecule is COC(=O)c1ccccc1NC(=O)c1cncc(Nc2ccccc2C(C)C)c1. The Morgan fingerprint density at radius 1 is 0.966 bits per heavy atom. The molecule has 0 aliphatic heterocycles. The van der Waals surface area contributed by atoms with Crippen LogP contribution in [0, 0.1) is 0 Å². The van der Waals surface area contributed by atoms with E-state index in [1.54, 1.807) is 36.5 Å². The number of carbonyl (C=O) groups is 2. The number of para-hydroxylation sites is 2. The topological polar surface area (TPSA) is 80.3 Å². The van der Waals surface area contributed by atoms with E-state index in [0.717, 1.165) is 5.69 Å². The fourth-order valence-electron chi connectivity index (χ4n) is 2.98. The Hall–Kier alpha value is -3.67. The minimum Gasteiger partial charge on any atom is -0.465 e. The van der Waals surface area contributed by atoms with Crippen molar-refractivity contribution in [2.75, 3.05) is 17.7 Å². The summed E-state index contributed by atoms with van der Waals surface area (Å²) in [4.78, 5) is 28.8. The van der Waals surface area contributed by atoms with Gasteiger partial charge in [-0.2, -0.15) is 0 Å². The first-order valence-corrected chi connectivity index (χ1v) is 9.29. The van der Waals surface area contributed by atoms with Gasteiger partial charge < -0.3 is 15.4 Å². The summed E-state index contributed by atoms with van der Waals surface area (Å²) in [5, 5.41) is 6.09. The molecule has 1 amide bonds. The molecule has 0 aliphatic carbocycles. The van der Waals surface area contributed by atoms with Crippen molar-refractivity contribution in [1.82, 2.24) is 4.98 Å². The molecule has 0 saturated carbocycles. The molecule has 3 aromatic rings. The standard InChI is InChI=1S/C23H23N3O3/c1-15(2)18-8-4-6-10-20(18)25-17-12-16(13-24-14-17)22(27)26-21-11-7-5-9-19(21)23(28)29-3/h4-15,25H,1-3H3,(H,26,27). The minimum atomic E-state index is -0.514. The molecule has 0 fully saturated rings. The Morgan fingerprint density at radius 2 is 1.66 bits per heavy atom. The van der Waals surface area contributed by atoms with Gasteiger partial charge in [0.25, 0.3) is 5.91 Å². The Labute approximate surface area is 169 Å². The number of esters is 1. The Bertz CT molecular complexity index is 1030. The number of methoxy groups -OCH3 is 1. The largest absolute Gasteiger partial charge is 0.465 e. The normalized spacial score (nSPS) is 10.5. The maximum atomic E-state index is 12.7. The summed E-state index contributed by atoms with van der Waals surface area (Å²) in [5.74, 6) is -0.526. The molecule has 0 unspecified atom stereocenters. The molecular weight excluding hydrogens is 366 g/mol. The summed E-state index contributed by atoms with van der Waals surface area (Å²) in [7, 11) is 1.30. The molecule has 0 radical (unpaired) electrons. The van der Waals surface area contributed by atoms with Crippen LogP contribution in [-0.2, 0) is 4.74 Å². The van der Waals surface area contributed by atoms with Crippen LogP contribution in [0.5, 0.6) is 0 Å². The van der Waals surface area contributed by atoms with Crippen molar-refractivity contribution in [1.29, 1.82) is 0 Å². The second-order valence-corrected chi connectivity index (χ2v) is 6.82. The second kappa shape index (κ2) is 9.01. The molecule has 0 bridgehead atoms. The van der Waals surface area contributed by atoms with Gasteiger partial charge in [0.2, 0.25) is 0 Å². The fourth-order valence-corrected chi connectivity index (χ4v) is 2.98. The quantitative estimate of drug-likeness (QED) is 0.581. The maximum Gasteiger partial charge on any atom is 0.339 e. The zero-order chi connectivity index (χ0) is 20.8. The lowest BCUT2D eigenvalue weighted by molar-refractivity contribution is 0.0602. The average molecular weight is 389 g/mol. The van der Waals surface area contributed by atoms with Gasteiger partial charge in [0.05, 0.1) is 35.8 Å². The minimum absolute atomic E-state index is 0.288. The third kappa shape index (κ3) is 4.79. The Kier molecular flexibility index (Phi) is 6.24. The van der Waals surface area contributed by atoms with E-state index in [1.165, 1.54) is 18.9 Å². The summed E-state index contributed by atoms with van der Waals surface area (Å²) in [6.45, 7) is 4.25. The van der Waals surface area contributed by atoms with E-state index in [9.17, 15) is 9.59 Å². The Balaban J connectivity index is 1.82. The van der Waals surface area contributed by atoms with Crippen LogP contribution in [0.2, 0.25) is 0 Å². The molecule has 2 N–H and O–H groups in total. The van der Waals surface area contributed by atoms with E-state index < -0.39 is 5.97 Å². The molecule has 0 aliphatic rings. The van der Waals surface area contributed by atoms with Crippen molar-refractivity contribution in [2.45, 2.75) is 19.8 Å². The predicted molar refractivity (Wildman–Crippen MR) is 114 cm³/mol. The number of anilines is 3. The number of aromatic nitrogens is 1. The van der Waals surface area contributed by atoms with Gasteiger partial charge in [-0.05, 0) is 35.7 Å². The molecule has 3 rings (SSSR count). The number of pyridine rings is 1. The monoisotopic (exact) mass is 389 g/mol. The van der Waals surface area contributed by atoms with Crippen LogP contribution in [0.1, 0.15) is 46.0 Å². The van der Waals surface area contributed by atoms with Crippen LogP contribution in [0.4, 0.5) is 17.1 Å². The summed E-state index contributed by atoms with van der Waals surface area (Å²) in [5.41, 5.74) is 3.89.